The third kappa shape index (κ3) is 5.28. The number of ketones is 2. The van der Waals surface area contributed by atoms with Gasteiger partial charge in [0.05, 0.1) is 17.1 Å². The highest BCUT2D eigenvalue weighted by Crippen LogP contribution is 2.33. The average Bonchev–Trinajstić information content (AvgIpc) is 3.55. The SMILES string of the molecule is CC(=O)c1ccc(CC(=O)C2c3c(c(C)nn3C)CCN2C(=O)/C=C/c2cc(Cl)ccc2-n2cnnn2)cc1. The first-order chi connectivity index (χ1) is 18.7. The zero-order chi connectivity index (χ0) is 27.7. The molecule has 2 aromatic heterocycles. The molecule has 11 heteroatoms. The standard InChI is InChI=1S/C28H26ClN7O3/c1-17-23-12-13-35(26(39)11-8-21-15-22(29)9-10-24(21)36-16-30-32-33-36)28(27(23)34(3)31-17)25(38)14-19-4-6-20(7-5-19)18(2)37/h4-11,15-16,28H,12-14H2,1-3H3/b11-8+. The van der Waals surface area contributed by atoms with E-state index in [9.17, 15) is 14.4 Å². The molecular weight excluding hydrogens is 518 g/mol. The van der Waals surface area contributed by atoms with Crippen molar-refractivity contribution in [1.29, 1.82) is 0 Å². The summed E-state index contributed by atoms with van der Waals surface area (Å²) >= 11 is 6.22. The molecule has 0 bridgehead atoms. The van der Waals surface area contributed by atoms with Gasteiger partial charge in [-0.1, -0.05) is 35.9 Å². The van der Waals surface area contributed by atoms with Crippen LogP contribution in [0.1, 0.15) is 51.4 Å². The molecule has 0 fully saturated rings. The second-order valence-corrected chi connectivity index (χ2v) is 9.88. The van der Waals surface area contributed by atoms with Gasteiger partial charge in [-0.15, -0.1) is 5.10 Å². The average molecular weight is 544 g/mol. The number of benzene rings is 2. The highest BCUT2D eigenvalue weighted by atomic mass is 35.5. The zero-order valence-electron chi connectivity index (χ0n) is 21.7. The molecule has 0 radical (unpaired) electrons. The van der Waals surface area contributed by atoms with E-state index in [1.165, 1.54) is 24.0 Å². The molecule has 1 amide bonds. The lowest BCUT2D eigenvalue weighted by Crippen LogP contribution is -2.44. The Kier molecular flexibility index (Phi) is 7.21. The maximum absolute atomic E-state index is 13.8. The number of aromatic nitrogens is 6. The van der Waals surface area contributed by atoms with E-state index in [1.807, 2.05) is 6.92 Å². The normalized spacial score (nSPS) is 15.0. The van der Waals surface area contributed by atoms with E-state index in [4.69, 9.17) is 11.6 Å². The van der Waals surface area contributed by atoms with Gasteiger partial charge in [0.1, 0.15) is 12.4 Å². The van der Waals surface area contributed by atoms with Crippen molar-refractivity contribution in [3.05, 3.63) is 93.5 Å². The minimum atomic E-state index is -0.803. The van der Waals surface area contributed by atoms with Crippen molar-refractivity contribution >= 4 is 35.2 Å². The molecule has 1 aliphatic heterocycles. The predicted molar refractivity (Wildman–Crippen MR) is 144 cm³/mol. The van der Waals surface area contributed by atoms with E-state index >= 15 is 0 Å². The number of halogens is 1. The van der Waals surface area contributed by atoms with Crippen LogP contribution < -0.4 is 0 Å². The maximum atomic E-state index is 13.8. The third-order valence-corrected chi connectivity index (χ3v) is 7.12. The summed E-state index contributed by atoms with van der Waals surface area (Å²) in [4.78, 5) is 40.6. The molecule has 0 saturated carbocycles. The number of rotatable bonds is 7. The molecule has 0 N–H and O–H groups in total. The van der Waals surface area contributed by atoms with Crippen LogP contribution in [0, 0.1) is 6.92 Å². The van der Waals surface area contributed by atoms with Gasteiger partial charge in [-0.25, -0.2) is 0 Å². The quantitative estimate of drug-likeness (QED) is 0.259. The van der Waals surface area contributed by atoms with Crippen molar-refractivity contribution in [1.82, 2.24) is 34.9 Å². The van der Waals surface area contributed by atoms with Crippen LogP contribution in [0.5, 0.6) is 0 Å². The zero-order valence-corrected chi connectivity index (χ0v) is 22.5. The summed E-state index contributed by atoms with van der Waals surface area (Å²) in [5.74, 6) is -0.484. The minimum Gasteiger partial charge on any atom is -0.323 e. The highest BCUT2D eigenvalue weighted by Gasteiger charge is 2.38. The molecule has 5 rings (SSSR count). The fraction of sp³-hybridized carbons (Fsp3) is 0.250. The molecule has 10 nitrogen and oxygen atoms in total. The fourth-order valence-electron chi connectivity index (χ4n) is 4.99. The first-order valence-corrected chi connectivity index (χ1v) is 12.8. The van der Waals surface area contributed by atoms with Gasteiger partial charge in [-0.2, -0.15) is 9.78 Å². The summed E-state index contributed by atoms with van der Waals surface area (Å²) in [6.45, 7) is 3.79. The molecular formula is C28H26ClN7O3. The van der Waals surface area contributed by atoms with Crippen molar-refractivity contribution < 1.29 is 14.4 Å². The summed E-state index contributed by atoms with van der Waals surface area (Å²) in [6, 6.07) is 11.4. The number of amides is 1. The molecule has 198 valence electrons. The molecule has 0 saturated heterocycles. The Morgan fingerprint density at radius 1 is 1.13 bits per heavy atom. The molecule has 0 spiro atoms. The number of aryl methyl sites for hydroxylation is 2. The monoisotopic (exact) mass is 543 g/mol. The van der Waals surface area contributed by atoms with Crippen molar-refractivity contribution in [3.63, 3.8) is 0 Å². The number of fused-ring (bicyclic) bond motifs is 1. The van der Waals surface area contributed by atoms with Crippen LogP contribution in [0.2, 0.25) is 5.02 Å². The number of tetrazole rings is 1. The van der Waals surface area contributed by atoms with Gasteiger partial charge < -0.3 is 4.90 Å². The van der Waals surface area contributed by atoms with Crippen molar-refractivity contribution in [3.8, 4) is 5.69 Å². The number of Topliss-reactive ketones (excluding diaryl/α,β-unsaturated/α-hetero) is 2. The lowest BCUT2D eigenvalue weighted by molar-refractivity contribution is -0.136. The Hall–Kier alpha value is -4.44. The van der Waals surface area contributed by atoms with E-state index in [-0.39, 0.29) is 23.9 Å². The predicted octanol–water partition coefficient (Wildman–Crippen LogP) is 3.51. The summed E-state index contributed by atoms with van der Waals surface area (Å²) in [7, 11) is 1.79. The number of hydrogen-bond acceptors (Lipinski definition) is 7. The fourth-order valence-corrected chi connectivity index (χ4v) is 5.18. The number of carbonyl (C=O) groups excluding carboxylic acids is 3. The largest absolute Gasteiger partial charge is 0.323 e. The summed E-state index contributed by atoms with van der Waals surface area (Å²) < 4.78 is 3.18. The lowest BCUT2D eigenvalue weighted by atomic mass is 9.91. The number of carbonyl (C=O) groups is 3. The van der Waals surface area contributed by atoms with E-state index in [0.717, 1.165) is 22.5 Å². The van der Waals surface area contributed by atoms with Gasteiger partial charge in [-0.05, 0) is 60.5 Å². The number of hydrogen-bond donors (Lipinski definition) is 0. The van der Waals surface area contributed by atoms with E-state index in [1.54, 1.807) is 65.2 Å². The molecule has 1 aliphatic rings. The van der Waals surface area contributed by atoms with E-state index in [2.05, 4.69) is 20.6 Å². The molecule has 1 atom stereocenters. The molecule has 39 heavy (non-hydrogen) atoms. The van der Waals surface area contributed by atoms with E-state index < -0.39 is 6.04 Å². The van der Waals surface area contributed by atoms with Gasteiger partial charge in [0, 0.05) is 47.8 Å². The van der Waals surface area contributed by atoms with Crippen LogP contribution in [0.4, 0.5) is 0 Å². The van der Waals surface area contributed by atoms with Crippen molar-refractivity contribution in [2.75, 3.05) is 6.54 Å². The molecule has 4 aromatic rings. The Morgan fingerprint density at radius 3 is 2.59 bits per heavy atom. The van der Waals surface area contributed by atoms with Gasteiger partial charge in [0.25, 0.3) is 0 Å². The van der Waals surface area contributed by atoms with Crippen LogP contribution in [-0.2, 0) is 29.5 Å². The number of nitrogens with zero attached hydrogens (tertiary/aromatic N) is 7. The molecule has 3 heterocycles. The molecule has 0 aliphatic carbocycles. The Labute approximate surface area is 229 Å². The van der Waals surface area contributed by atoms with Crippen LogP contribution >= 0.6 is 11.6 Å². The Morgan fingerprint density at radius 2 is 1.90 bits per heavy atom. The summed E-state index contributed by atoms with van der Waals surface area (Å²) in [5, 5.41) is 16.3. The summed E-state index contributed by atoms with van der Waals surface area (Å²) in [5.41, 5.74) is 5.21. The lowest BCUT2D eigenvalue weighted by Gasteiger charge is -2.35. The maximum Gasteiger partial charge on any atom is 0.247 e. The highest BCUT2D eigenvalue weighted by molar-refractivity contribution is 6.30. The molecule has 2 aromatic carbocycles. The van der Waals surface area contributed by atoms with Crippen LogP contribution in [0.3, 0.4) is 0 Å². The third-order valence-electron chi connectivity index (χ3n) is 6.89. The van der Waals surface area contributed by atoms with Gasteiger partial charge >= 0.3 is 0 Å². The molecule has 1 unspecified atom stereocenters. The van der Waals surface area contributed by atoms with Gasteiger partial charge in [0.15, 0.2) is 11.6 Å². The second kappa shape index (κ2) is 10.7. The second-order valence-electron chi connectivity index (χ2n) is 9.44. The van der Waals surface area contributed by atoms with Crippen molar-refractivity contribution in [2.24, 2.45) is 7.05 Å². The Bertz CT molecular complexity index is 1590. The van der Waals surface area contributed by atoms with Crippen molar-refractivity contribution in [2.45, 2.75) is 32.7 Å². The van der Waals surface area contributed by atoms with Gasteiger partial charge in [-0.3, -0.25) is 19.1 Å². The first kappa shape index (κ1) is 26.2. The minimum absolute atomic E-state index is 0.0401. The van der Waals surface area contributed by atoms with E-state index in [0.29, 0.717) is 34.8 Å². The Balaban J connectivity index is 1.46. The van der Waals surface area contributed by atoms with Crippen LogP contribution in [0.25, 0.3) is 11.8 Å². The topological polar surface area (TPSA) is 116 Å². The first-order valence-electron chi connectivity index (χ1n) is 12.4. The van der Waals surface area contributed by atoms with Crippen LogP contribution in [0.15, 0.2) is 54.9 Å². The smallest absolute Gasteiger partial charge is 0.247 e. The van der Waals surface area contributed by atoms with Crippen LogP contribution in [-0.4, -0.2) is 58.9 Å². The summed E-state index contributed by atoms with van der Waals surface area (Å²) in [6.07, 6.45) is 5.25. The van der Waals surface area contributed by atoms with Gasteiger partial charge in [0.2, 0.25) is 5.91 Å².